The van der Waals surface area contributed by atoms with E-state index in [0.29, 0.717) is 31.1 Å². The molecule has 0 aliphatic carbocycles. The first kappa shape index (κ1) is 18.0. The summed E-state index contributed by atoms with van der Waals surface area (Å²) in [5.41, 5.74) is 3.09. The molecule has 6 heteroatoms. The Balaban J connectivity index is 1.39. The van der Waals surface area contributed by atoms with Gasteiger partial charge in [0.05, 0.1) is 12.5 Å². The summed E-state index contributed by atoms with van der Waals surface area (Å²) in [5, 5.41) is 0.711. The Morgan fingerprint density at radius 3 is 2.67 bits per heavy atom. The molecule has 2 aliphatic heterocycles. The highest BCUT2D eigenvalue weighted by molar-refractivity contribution is 6.30. The molecule has 1 fully saturated rings. The number of carbonyl (C=O) groups excluding carboxylic acids is 2. The van der Waals surface area contributed by atoms with Gasteiger partial charge in [0.2, 0.25) is 11.8 Å². The van der Waals surface area contributed by atoms with Gasteiger partial charge in [0.1, 0.15) is 5.82 Å². The highest BCUT2D eigenvalue weighted by atomic mass is 35.5. The molecule has 0 aromatic heterocycles. The second kappa shape index (κ2) is 7.31. The molecule has 2 aromatic carbocycles. The average molecular weight is 387 g/mol. The van der Waals surface area contributed by atoms with Crippen LogP contribution in [0.25, 0.3) is 0 Å². The van der Waals surface area contributed by atoms with E-state index in [2.05, 4.69) is 0 Å². The fourth-order valence-electron chi connectivity index (χ4n) is 3.90. The normalized spacial score (nSPS) is 19.3. The molecule has 1 saturated heterocycles. The van der Waals surface area contributed by atoms with Crippen molar-refractivity contribution in [2.45, 2.75) is 25.3 Å². The molecule has 1 atom stereocenters. The Kier molecular flexibility index (Phi) is 4.87. The first-order valence-corrected chi connectivity index (χ1v) is 9.48. The second-order valence-corrected chi connectivity index (χ2v) is 7.57. The molecule has 140 valence electrons. The molecule has 0 bridgehead atoms. The van der Waals surface area contributed by atoms with E-state index in [9.17, 15) is 14.0 Å². The molecule has 27 heavy (non-hydrogen) atoms. The Bertz CT molecular complexity index is 884. The Labute approximate surface area is 162 Å². The first-order chi connectivity index (χ1) is 13.0. The predicted octanol–water partition coefficient (Wildman–Crippen LogP) is 3.38. The summed E-state index contributed by atoms with van der Waals surface area (Å²) in [6.45, 7) is 1.83. The standard InChI is InChI=1S/C21H20ClFN2O2/c22-17-4-1-16-12-24(9-7-15(16)11-17)20(26)13-25-10-8-19(21(25)27)14-2-5-18(23)6-3-14/h1-6,11,19H,7-10,12-13H2. The van der Waals surface area contributed by atoms with Crippen LogP contribution >= 0.6 is 11.6 Å². The van der Waals surface area contributed by atoms with Crippen LogP contribution in [0.1, 0.15) is 29.0 Å². The number of nitrogens with zero attached hydrogens (tertiary/aromatic N) is 2. The van der Waals surface area contributed by atoms with Gasteiger partial charge in [-0.25, -0.2) is 4.39 Å². The minimum Gasteiger partial charge on any atom is -0.336 e. The average Bonchev–Trinajstić information content (AvgIpc) is 3.02. The second-order valence-electron chi connectivity index (χ2n) is 7.13. The van der Waals surface area contributed by atoms with Gasteiger partial charge >= 0.3 is 0 Å². The fourth-order valence-corrected chi connectivity index (χ4v) is 4.09. The lowest BCUT2D eigenvalue weighted by molar-refractivity contribution is -0.139. The third kappa shape index (κ3) is 3.69. The SMILES string of the molecule is O=C(CN1CCC(c2ccc(F)cc2)C1=O)N1CCc2cc(Cl)ccc2C1. The number of fused-ring (bicyclic) bond motifs is 1. The third-order valence-electron chi connectivity index (χ3n) is 5.43. The van der Waals surface area contributed by atoms with Gasteiger partial charge in [-0.15, -0.1) is 0 Å². The lowest BCUT2D eigenvalue weighted by Crippen LogP contribution is -2.43. The Hall–Kier alpha value is -2.40. The largest absolute Gasteiger partial charge is 0.336 e. The van der Waals surface area contributed by atoms with E-state index in [-0.39, 0.29) is 30.1 Å². The van der Waals surface area contributed by atoms with Crippen molar-refractivity contribution in [3.63, 3.8) is 0 Å². The molecule has 2 aliphatic rings. The molecule has 4 rings (SSSR count). The monoisotopic (exact) mass is 386 g/mol. The van der Waals surface area contributed by atoms with E-state index >= 15 is 0 Å². The molecule has 0 N–H and O–H groups in total. The van der Waals surface area contributed by atoms with E-state index in [0.717, 1.165) is 17.5 Å². The summed E-state index contributed by atoms with van der Waals surface area (Å²) in [7, 11) is 0. The summed E-state index contributed by atoms with van der Waals surface area (Å²) >= 11 is 6.03. The Morgan fingerprint density at radius 2 is 1.89 bits per heavy atom. The van der Waals surface area contributed by atoms with Crippen molar-refractivity contribution in [2.24, 2.45) is 0 Å². The van der Waals surface area contributed by atoms with E-state index in [1.807, 2.05) is 18.2 Å². The molecule has 0 spiro atoms. The van der Waals surface area contributed by atoms with Crippen molar-refractivity contribution >= 4 is 23.4 Å². The minimum atomic E-state index is -0.317. The molecule has 1 unspecified atom stereocenters. The minimum absolute atomic E-state index is 0.0382. The van der Waals surface area contributed by atoms with Crippen LogP contribution in [0.5, 0.6) is 0 Å². The molecular weight excluding hydrogens is 367 g/mol. The van der Waals surface area contributed by atoms with Crippen LogP contribution in [0, 0.1) is 5.82 Å². The van der Waals surface area contributed by atoms with Gasteiger partial charge in [0.25, 0.3) is 0 Å². The zero-order valence-electron chi connectivity index (χ0n) is 14.8. The van der Waals surface area contributed by atoms with Crippen LogP contribution < -0.4 is 0 Å². The molecule has 2 heterocycles. The van der Waals surface area contributed by atoms with E-state index in [1.165, 1.54) is 17.7 Å². The Morgan fingerprint density at radius 1 is 1.11 bits per heavy atom. The number of amides is 2. The zero-order chi connectivity index (χ0) is 19.0. The molecule has 0 radical (unpaired) electrons. The summed E-state index contributed by atoms with van der Waals surface area (Å²) in [6.07, 6.45) is 1.42. The number of benzene rings is 2. The maximum absolute atomic E-state index is 13.1. The van der Waals surface area contributed by atoms with Gasteiger partial charge in [0.15, 0.2) is 0 Å². The summed E-state index contributed by atoms with van der Waals surface area (Å²) < 4.78 is 13.1. The van der Waals surface area contributed by atoms with Crippen molar-refractivity contribution in [1.29, 1.82) is 0 Å². The van der Waals surface area contributed by atoms with E-state index in [4.69, 9.17) is 11.6 Å². The summed E-state index contributed by atoms with van der Waals surface area (Å²) in [4.78, 5) is 28.8. The van der Waals surface area contributed by atoms with Crippen molar-refractivity contribution in [2.75, 3.05) is 19.6 Å². The lowest BCUT2D eigenvalue weighted by Gasteiger charge is -2.30. The highest BCUT2D eigenvalue weighted by Crippen LogP contribution is 2.29. The van der Waals surface area contributed by atoms with Crippen LogP contribution in [0.3, 0.4) is 0 Å². The van der Waals surface area contributed by atoms with Gasteiger partial charge in [-0.3, -0.25) is 9.59 Å². The molecule has 2 aromatic rings. The number of hydrogen-bond donors (Lipinski definition) is 0. The van der Waals surface area contributed by atoms with Gasteiger partial charge in [0, 0.05) is 24.7 Å². The fraction of sp³-hybridized carbons (Fsp3) is 0.333. The number of rotatable bonds is 3. The number of likely N-dealkylation sites (tertiary alicyclic amines) is 1. The number of halogens is 2. The molecule has 2 amide bonds. The van der Waals surface area contributed by atoms with Crippen LogP contribution in [0.2, 0.25) is 5.02 Å². The topological polar surface area (TPSA) is 40.6 Å². The van der Waals surface area contributed by atoms with Gasteiger partial charge in [-0.2, -0.15) is 0 Å². The van der Waals surface area contributed by atoms with Crippen molar-refractivity contribution in [3.05, 3.63) is 70.0 Å². The van der Waals surface area contributed by atoms with E-state index in [1.54, 1.807) is 21.9 Å². The van der Waals surface area contributed by atoms with Gasteiger partial charge in [-0.05, 0) is 53.8 Å². The molecule has 4 nitrogen and oxygen atoms in total. The number of carbonyl (C=O) groups is 2. The smallest absolute Gasteiger partial charge is 0.242 e. The highest BCUT2D eigenvalue weighted by Gasteiger charge is 2.34. The molecular formula is C21H20ClFN2O2. The van der Waals surface area contributed by atoms with Crippen LogP contribution in [0.15, 0.2) is 42.5 Å². The van der Waals surface area contributed by atoms with Crippen molar-refractivity contribution in [1.82, 2.24) is 9.80 Å². The van der Waals surface area contributed by atoms with E-state index < -0.39 is 0 Å². The zero-order valence-corrected chi connectivity index (χ0v) is 15.6. The third-order valence-corrected chi connectivity index (χ3v) is 5.66. The first-order valence-electron chi connectivity index (χ1n) is 9.10. The number of hydrogen-bond acceptors (Lipinski definition) is 2. The van der Waals surface area contributed by atoms with Crippen molar-refractivity contribution < 1.29 is 14.0 Å². The molecule has 0 saturated carbocycles. The van der Waals surface area contributed by atoms with Crippen molar-refractivity contribution in [3.8, 4) is 0 Å². The maximum atomic E-state index is 13.1. The van der Waals surface area contributed by atoms with Gasteiger partial charge < -0.3 is 9.80 Å². The quantitative estimate of drug-likeness (QED) is 0.811. The van der Waals surface area contributed by atoms with Crippen LogP contribution in [-0.4, -0.2) is 41.2 Å². The maximum Gasteiger partial charge on any atom is 0.242 e. The van der Waals surface area contributed by atoms with Gasteiger partial charge in [-0.1, -0.05) is 29.8 Å². The van der Waals surface area contributed by atoms with Crippen LogP contribution in [0.4, 0.5) is 4.39 Å². The summed E-state index contributed by atoms with van der Waals surface area (Å²) in [5.74, 6) is -0.701. The van der Waals surface area contributed by atoms with Crippen LogP contribution in [-0.2, 0) is 22.6 Å². The summed E-state index contributed by atoms with van der Waals surface area (Å²) in [6, 6.07) is 11.8. The predicted molar refractivity (Wildman–Crippen MR) is 101 cm³/mol. The lowest BCUT2D eigenvalue weighted by atomic mass is 9.98.